The second kappa shape index (κ2) is 5.17. The van der Waals surface area contributed by atoms with Crippen molar-refractivity contribution in [1.29, 1.82) is 0 Å². The number of nitrogens with one attached hydrogen (secondary N) is 1. The smallest absolute Gasteiger partial charge is 0.220 e. The van der Waals surface area contributed by atoms with Crippen molar-refractivity contribution >= 4 is 5.91 Å². The molecule has 18 heavy (non-hydrogen) atoms. The maximum atomic E-state index is 11.9. The fraction of sp³-hybridized carbons (Fsp3) is 0.929. The summed E-state index contributed by atoms with van der Waals surface area (Å²) in [4.78, 5) is 11.9. The van der Waals surface area contributed by atoms with Gasteiger partial charge in [-0.3, -0.25) is 4.79 Å². The molecule has 1 saturated heterocycles. The average Bonchev–Trinajstić information content (AvgIpc) is 2.76. The molecule has 0 aromatic heterocycles. The summed E-state index contributed by atoms with van der Waals surface area (Å²) in [5, 5.41) is 3.17. The SMILES string of the molecule is O=C(CC1CCC1)NC1CCC2(CC1)OCCO2. The van der Waals surface area contributed by atoms with E-state index in [1.807, 2.05) is 0 Å². The molecule has 1 N–H and O–H groups in total. The third-order valence-electron chi connectivity index (χ3n) is 4.62. The van der Waals surface area contributed by atoms with Gasteiger partial charge in [0.25, 0.3) is 0 Å². The van der Waals surface area contributed by atoms with Crippen LogP contribution in [0.1, 0.15) is 51.4 Å². The van der Waals surface area contributed by atoms with Crippen LogP contribution in [0.2, 0.25) is 0 Å². The van der Waals surface area contributed by atoms with Crippen molar-refractivity contribution in [3.05, 3.63) is 0 Å². The van der Waals surface area contributed by atoms with Crippen molar-refractivity contribution in [3.8, 4) is 0 Å². The third-order valence-corrected chi connectivity index (χ3v) is 4.62. The maximum Gasteiger partial charge on any atom is 0.220 e. The second-order valence-electron chi connectivity index (χ2n) is 5.95. The summed E-state index contributed by atoms with van der Waals surface area (Å²) in [6.45, 7) is 1.44. The monoisotopic (exact) mass is 253 g/mol. The first-order chi connectivity index (χ1) is 8.76. The van der Waals surface area contributed by atoms with Crippen LogP contribution >= 0.6 is 0 Å². The van der Waals surface area contributed by atoms with Crippen LogP contribution < -0.4 is 5.32 Å². The Morgan fingerprint density at radius 1 is 1.11 bits per heavy atom. The molecule has 0 atom stereocenters. The maximum absolute atomic E-state index is 11.9. The van der Waals surface area contributed by atoms with E-state index < -0.39 is 0 Å². The predicted octanol–water partition coefficient (Wildman–Crippen LogP) is 1.98. The molecule has 4 nitrogen and oxygen atoms in total. The summed E-state index contributed by atoms with van der Waals surface area (Å²) < 4.78 is 11.4. The number of ether oxygens (including phenoxy) is 2. The van der Waals surface area contributed by atoms with Crippen LogP contribution in [0.5, 0.6) is 0 Å². The highest BCUT2D eigenvalue weighted by Gasteiger charge is 2.40. The van der Waals surface area contributed by atoms with Gasteiger partial charge in [-0.05, 0) is 31.6 Å². The Bertz CT molecular complexity index is 298. The number of carbonyl (C=O) groups excluding carboxylic acids is 1. The average molecular weight is 253 g/mol. The summed E-state index contributed by atoms with van der Waals surface area (Å²) in [6, 6.07) is 0.330. The molecule has 1 amide bonds. The zero-order chi connectivity index (χ0) is 12.4. The summed E-state index contributed by atoms with van der Waals surface area (Å²) in [5.41, 5.74) is 0. The lowest BCUT2D eigenvalue weighted by molar-refractivity contribution is -0.180. The van der Waals surface area contributed by atoms with E-state index in [0.717, 1.165) is 45.3 Å². The summed E-state index contributed by atoms with van der Waals surface area (Å²) >= 11 is 0. The molecule has 1 spiro atoms. The molecule has 0 bridgehead atoms. The number of rotatable bonds is 3. The Morgan fingerprint density at radius 2 is 1.78 bits per heavy atom. The lowest BCUT2D eigenvalue weighted by Gasteiger charge is -2.36. The molecule has 0 radical (unpaired) electrons. The van der Waals surface area contributed by atoms with Gasteiger partial charge in [0.05, 0.1) is 13.2 Å². The Labute approximate surface area is 108 Å². The summed E-state index contributed by atoms with van der Waals surface area (Å²) in [5.74, 6) is 0.588. The largest absolute Gasteiger partial charge is 0.353 e. The van der Waals surface area contributed by atoms with Crippen LogP contribution in [0.3, 0.4) is 0 Å². The lowest BCUT2D eigenvalue weighted by atomic mass is 9.82. The Hall–Kier alpha value is -0.610. The highest BCUT2D eigenvalue weighted by molar-refractivity contribution is 5.76. The van der Waals surface area contributed by atoms with Crippen molar-refractivity contribution in [1.82, 2.24) is 5.32 Å². The van der Waals surface area contributed by atoms with Gasteiger partial charge in [0.2, 0.25) is 5.91 Å². The minimum Gasteiger partial charge on any atom is -0.353 e. The van der Waals surface area contributed by atoms with Gasteiger partial charge in [0, 0.05) is 25.3 Å². The molecule has 4 heteroatoms. The topological polar surface area (TPSA) is 47.6 Å². The molecular formula is C14H23NO3. The number of hydrogen-bond donors (Lipinski definition) is 1. The fourth-order valence-corrected chi connectivity index (χ4v) is 3.23. The van der Waals surface area contributed by atoms with Gasteiger partial charge >= 0.3 is 0 Å². The Morgan fingerprint density at radius 3 is 2.33 bits per heavy atom. The van der Waals surface area contributed by atoms with Gasteiger partial charge in [-0.25, -0.2) is 0 Å². The molecule has 3 aliphatic rings. The first-order valence-corrected chi connectivity index (χ1v) is 7.33. The number of carbonyl (C=O) groups is 1. The number of amides is 1. The van der Waals surface area contributed by atoms with Gasteiger partial charge in [-0.2, -0.15) is 0 Å². The van der Waals surface area contributed by atoms with Crippen molar-refractivity contribution < 1.29 is 14.3 Å². The van der Waals surface area contributed by atoms with Crippen molar-refractivity contribution in [3.63, 3.8) is 0 Å². The van der Waals surface area contributed by atoms with Gasteiger partial charge in [0.15, 0.2) is 5.79 Å². The first kappa shape index (κ1) is 12.4. The number of hydrogen-bond acceptors (Lipinski definition) is 3. The molecule has 1 aliphatic heterocycles. The Balaban J connectivity index is 1.40. The van der Waals surface area contributed by atoms with Crippen molar-refractivity contribution in [2.45, 2.75) is 63.2 Å². The summed E-state index contributed by atoms with van der Waals surface area (Å²) in [7, 11) is 0. The minimum absolute atomic E-state index is 0.244. The molecule has 2 saturated carbocycles. The van der Waals surface area contributed by atoms with Gasteiger partial charge in [0.1, 0.15) is 0 Å². The normalized spacial score (nSPS) is 28.2. The van der Waals surface area contributed by atoms with Gasteiger partial charge in [-0.15, -0.1) is 0 Å². The second-order valence-corrected chi connectivity index (χ2v) is 5.95. The first-order valence-electron chi connectivity index (χ1n) is 7.33. The molecule has 2 aliphatic carbocycles. The zero-order valence-electron chi connectivity index (χ0n) is 11.0. The van der Waals surface area contributed by atoms with E-state index in [4.69, 9.17) is 9.47 Å². The van der Waals surface area contributed by atoms with Crippen molar-refractivity contribution in [2.75, 3.05) is 13.2 Å². The molecule has 0 unspecified atom stereocenters. The molecular weight excluding hydrogens is 230 g/mol. The van der Waals surface area contributed by atoms with Crippen molar-refractivity contribution in [2.24, 2.45) is 5.92 Å². The van der Waals surface area contributed by atoms with Crippen LogP contribution in [0.4, 0.5) is 0 Å². The van der Waals surface area contributed by atoms with E-state index in [9.17, 15) is 4.79 Å². The molecule has 0 aromatic carbocycles. The lowest BCUT2D eigenvalue weighted by Crippen LogP contribution is -2.44. The predicted molar refractivity (Wildman–Crippen MR) is 67.0 cm³/mol. The standard InChI is InChI=1S/C14H23NO3/c16-13(10-11-2-1-3-11)15-12-4-6-14(7-5-12)17-8-9-18-14/h11-12H,1-10H2,(H,15,16). The molecule has 1 heterocycles. The Kier molecular flexibility index (Phi) is 3.57. The molecule has 102 valence electrons. The van der Waals surface area contributed by atoms with Gasteiger partial charge in [-0.1, -0.05) is 6.42 Å². The van der Waals surface area contributed by atoms with Crippen LogP contribution in [0, 0.1) is 5.92 Å². The summed E-state index contributed by atoms with van der Waals surface area (Å²) in [6.07, 6.45) is 8.31. The van der Waals surface area contributed by atoms with Crippen LogP contribution in [0.25, 0.3) is 0 Å². The zero-order valence-corrected chi connectivity index (χ0v) is 11.0. The minimum atomic E-state index is -0.310. The van der Waals surface area contributed by atoms with Crippen LogP contribution in [-0.2, 0) is 14.3 Å². The van der Waals surface area contributed by atoms with Gasteiger partial charge < -0.3 is 14.8 Å². The molecule has 3 rings (SSSR count). The molecule has 0 aromatic rings. The van der Waals surface area contributed by atoms with E-state index in [1.54, 1.807) is 0 Å². The van der Waals surface area contributed by atoms with E-state index in [1.165, 1.54) is 19.3 Å². The van der Waals surface area contributed by atoms with E-state index in [0.29, 0.717) is 12.0 Å². The van der Waals surface area contributed by atoms with E-state index in [-0.39, 0.29) is 11.7 Å². The highest BCUT2D eigenvalue weighted by Crippen LogP contribution is 2.36. The van der Waals surface area contributed by atoms with Crippen LogP contribution in [-0.4, -0.2) is 30.9 Å². The van der Waals surface area contributed by atoms with E-state index >= 15 is 0 Å². The molecule has 3 fully saturated rings. The highest BCUT2D eigenvalue weighted by atomic mass is 16.7. The van der Waals surface area contributed by atoms with E-state index in [2.05, 4.69) is 5.32 Å². The third kappa shape index (κ3) is 2.69. The quantitative estimate of drug-likeness (QED) is 0.836. The van der Waals surface area contributed by atoms with Crippen LogP contribution in [0.15, 0.2) is 0 Å². The fourth-order valence-electron chi connectivity index (χ4n) is 3.23.